The summed E-state index contributed by atoms with van der Waals surface area (Å²) in [5.41, 5.74) is 34.8. The number of benzene rings is 18. The van der Waals surface area contributed by atoms with Crippen molar-refractivity contribution in [2.75, 3.05) is 0 Å². The first kappa shape index (κ1) is 90.2. The molecule has 28 rings (SSSR count). The molecule has 0 atom stereocenters. The third-order valence-electron chi connectivity index (χ3n) is 33.1. The maximum atomic E-state index is 7.05. The fourth-order valence-corrected chi connectivity index (χ4v) is 22.9. The van der Waals surface area contributed by atoms with E-state index >= 15 is 0 Å². The van der Waals surface area contributed by atoms with Crippen LogP contribution < -0.4 is 0 Å². The molecular formula is C135H103N9O4. The van der Waals surface area contributed by atoms with Gasteiger partial charge >= 0.3 is 0 Å². The average molecular weight is 1920 g/mol. The third-order valence-corrected chi connectivity index (χ3v) is 33.1. The molecule has 0 bridgehead atoms. The predicted molar refractivity (Wildman–Crippen MR) is 603 cm³/mol. The fraction of sp³-hybridized carbons (Fsp3) is 0.133. The Morgan fingerprint density at radius 3 is 0.953 bits per heavy atom. The lowest BCUT2D eigenvalue weighted by Crippen LogP contribution is -2.43. The highest BCUT2D eigenvalue weighted by atomic mass is 16.3. The van der Waals surface area contributed by atoms with Crippen LogP contribution in [0.15, 0.2) is 424 Å². The van der Waals surface area contributed by atoms with Crippen LogP contribution in [-0.4, -0.2) is 44.9 Å². The normalized spacial score (nSPS) is 14.5. The van der Waals surface area contributed by atoms with E-state index in [1.54, 1.807) is 0 Å². The summed E-state index contributed by atoms with van der Waals surface area (Å²) in [6, 6.07) is 141. The van der Waals surface area contributed by atoms with Crippen molar-refractivity contribution in [2.24, 2.45) is 0 Å². The van der Waals surface area contributed by atoms with Gasteiger partial charge < -0.3 is 17.7 Å². The molecule has 0 N–H and O–H groups in total. The van der Waals surface area contributed by atoms with Gasteiger partial charge in [-0.05, 0) is 195 Å². The molecule has 148 heavy (non-hydrogen) atoms. The minimum absolute atomic E-state index is 0.0310. The van der Waals surface area contributed by atoms with E-state index in [0.717, 1.165) is 160 Å². The molecule has 0 spiro atoms. The van der Waals surface area contributed by atoms with Crippen molar-refractivity contribution < 1.29 is 17.7 Å². The Balaban J connectivity index is 0.000000112. The second-order valence-corrected chi connectivity index (χ2v) is 42.6. The van der Waals surface area contributed by atoms with Crippen LogP contribution in [-0.2, 0) is 32.5 Å². The lowest BCUT2D eigenvalue weighted by molar-refractivity contribution is 0.299. The van der Waals surface area contributed by atoms with Crippen molar-refractivity contribution in [1.82, 2.24) is 44.9 Å². The molecule has 3 aliphatic carbocycles. The van der Waals surface area contributed by atoms with Crippen molar-refractivity contribution in [1.29, 1.82) is 0 Å². The highest BCUT2D eigenvalue weighted by Crippen LogP contribution is 2.60. The van der Waals surface area contributed by atoms with Gasteiger partial charge in [-0.2, -0.15) is 0 Å². The van der Waals surface area contributed by atoms with E-state index in [4.69, 9.17) is 62.5 Å². The maximum Gasteiger partial charge on any atom is 0.167 e. The SMILES string of the molecule is CC1(C)c2ccccc2-c2c(ccc3c2oc2c(-c4nc(-c5ccccc5)nc(-c5cccc6oc7ccccc7c56)n4)cccc23)C1(C)C.CC1(C)c2ccccc2-c2cc3c(cc2C1(C)C)oc1ccc(-c2cccc(-c4nc(-c5ccccc5)nc(-c5ccccc5)n4)c2)cc13.CC1(C)c2ccccc2-c2cc3oc4ccc(-c5cccc(-c6nc(-c7ccccc7)nc(-c7ccccc7)n6)c5)cc4c3cc2C1(C)C. The molecule has 0 amide bonds. The smallest absolute Gasteiger partial charge is 0.167 e. The van der Waals surface area contributed by atoms with Gasteiger partial charge in [-0.25, -0.2) is 44.9 Å². The molecule has 0 unspecified atom stereocenters. The Morgan fingerprint density at radius 1 is 0.149 bits per heavy atom. The zero-order chi connectivity index (χ0) is 100. The molecule has 0 aliphatic heterocycles. The second kappa shape index (κ2) is 34.5. The molecule has 7 aromatic heterocycles. The molecule has 3 aliphatic rings. The van der Waals surface area contributed by atoms with Crippen molar-refractivity contribution in [2.45, 2.75) is 116 Å². The summed E-state index contributed by atoms with van der Waals surface area (Å²) in [6.45, 7) is 28.3. The first-order chi connectivity index (χ1) is 71.9. The van der Waals surface area contributed by atoms with E-state index in [1.165, 1.54) is 66.8 Å². The van der Waals surface area contributed by atoms with E-state index < -0.39 is 0 Å². The van der Waals surface area contributed by atoms with Gasteiger partial charge in [-0.3, -0.25) is 0 Å². The molecule has 0 saturated carbocycles. The summed E-state index contributed by atoms with van der Waals surface area (Å²) in [4.78, 5) is 45.0. The molecule has 712 valence electrons. The molecule has 13 heteroatoms. The van der Waals surface area contributed by atoms with Crippen LogP contribution in [0.3, 0.4) is 0 Å². The molecule has 13 nitrogen and oxygen atoms in total. The van der Waals surface area contributed by atoms with Crippen LogP contribution in [0.1, 0.15) is 116 Å². The quantitative estimate of drug-likeness (QED) is 0.120. The van der Waals surface area contributed by atoms with Crippen LogP contribution in [0, 0.1) is 0 Å². The van der Waals surface area contributed by atoms with Crippen molar-refractivity contribution >= 4 is 87.8 Å². The largest absolute Gasteiger partial charge is 0.456 e. The number of nitrogens with zero attached hydrogens (tertiary/aromatic N) is 9. The van der Waals surface area contributed by atoms with Crippen molar-refractivity contribution in [3.05, 3.63) is 440 Å². The van der Waals surface area contributed by atoms with Gasteiger partial charge in [-0.15, -0.1) is 0 Å². The highest BCUT2D eigenvalue weighted by molar-refractivity contribution is 6.16. The van der Waals surface area contributed by atoms with Crippen LogP contribution in [0.25, 0.3) is 246 Å². The molecule has 18 aromatic carbocycles. The molecular weight excluding hydrogens is 1810 g/mol. The number of para-hydroxylation sites is 2. The van der Waals surface area contributed by atoms with Crippen LogP contribution in [0.4, 0.5) is 0 Å². The monoisotopic (exact) mass is 1910 g/mol. The summed E-state index contributed by atoms with van der Waals surface area (Å²) in [7, 11) is 0. The van der Waals surface area contributed by atoms with Crippen LogP contribution >= 0.6 is 0 Å². The van der Waals surface area contributed by atoms with Crippen molar-refractivity contribution in [3.8, 4) is 158 Å². The number of aromatic nitrogens is 9. The lowest BCUT2D eigenvalue weighted by atomic mass is 9.55. The Bertz CT molecular complexity index is 9550. The Morgan fingerprint density at radius 2 is 0.453 bits per heavy atom. The molecule has 0 radical (unpaired) electrons. The van der Waals surface area contributed by atoms with Gasteiger partial charge in [0.1, 0.15) is 44.7 Å². The van der Waals surface area contributed by atoms with E-state index in [9.17, 15) is 0 Å². The van der Waals surface area contributed by atoms with Gasteiger partial charge in [0, 0.05) is 93.2 Å². The fourth-order valence-electron chi connectivity index (χ4n) is 22.9. The zero-order valence-electron chi connectivity index (χ0n) is 84.3. The number of rotatable bonds is 11. The lowest BCUT2D eigenvalue weighted by Gasteiger charge is -2.48. The third kappa shape index (κ3) is 14.7. The van der Waals surface area contributed by atoms with Gasteiger partial charge in [0.2, 0.25) is 0 Å². The maximum absolute atomic E-state index is 7.05. The van der Waals surface area contributed by atoms with E-state index in [0.29, 0.717) is 52.4 Å². The number of fused-ring (bicyclic) bond motifs is 22. The highest BCUT2D eigenvalue weighted by Gasteiger charge is 2.50. The van der Waals surface area contributed by atoms with E-state index in [-0.39, 0.29) is 32.5 Å². The summed E-state index contributed by atoms with van der Waals surface area (Å²) in [5.74, 6) is 5.61. The van der Waals surface area contributed by atoms with Crippen LogP contribution in [0.2, 0.25) is 0 Å². The minimum Gasteiger partial charge on any atom is -0.456 e. The van der Waals surface area contributed by atoms with Gasteiger partial charge in [0.15, 0.2) is 52.4 Å². The first-order valence-corrected chi connectivity index (χ1v) is 50.8. The standard InChI is InChI=1S/C45H33N3O2.2C45H35N3O/c1-44(2)33-21-10-8-16-29(33)38-34(45(44,3)4)25-24-28-27-18-12-20-32(39(27)50-40(28)38)43-47-41(26-14-6-5-7-15-26)46-42(48-43)31-19-13-23-36-37(31)30-17-9-11-22-35(30)49-36;1-44(2)37-21-12-11-20-33(37)34-27-40-36(26-38(34)45(44,3)4)35-25-31(22-23-39(35)49-40)30-18-13-19-32(24-30)43-47-41(28-14-7-5-8-15-28)46-42(48-43)29-16-9-6-10-17-29;1-44(2)37-21-12-11-20-33(37)34-26-36-35-25-31(22-23-39(35)49-40(36)27-38(34)45(44,3)4)30-18-13-19-32(24-30)43-47-41(28-14-7-5-8-15-28)46-42(48-43)29-16-9-6-10-17-29/h5-25H,1-4H3;2*5-27H,1-4H3. The number of furan rings is 4. The minimum atomic E-state index is -0.126. The first-order valence-electron chi connectivity index (χ1n) is 50.8. The Labute approximate surface area is 858 Å². The van der Waals surface area contributed by atoms with E-state index in [1.807, 2.05) is 182 Å². The average Bonchev–Trinajstić information content (AvgIpc) is 1.32. The molecule has 7 heterocycles. The summed E-state index contributed by atoms with van der Waals surface area (Å²) in [6.07, 6.45) is 0. The molecule has 0 fully saturated rings. The van der Waals surface area contributed by atoms with Crippen molar-refractivity contribution in [3.63, 3.8) is 0 Å². The Hall–Kier alpha value is -17.8. The summed E-state index contributed by atoms with van der Waals surface area (Å²) >= 11 is 0. The second-order valence-electron chi connectivity index (χ2n) is 42.6. The predicted octanol–water partition coefficient (Wildman–Crippen LogP) is 35.3. The topological polar surface area (TPSA) is 169 Å². The number of hydrogen-bond acceptors (Lipinski definition) is 13. The van der Waals surface area contributed by atoms with Gasteiger partial charge in [0.05, 0.1) is 5.56 Å². The molecule has 25 aromatic rings. The Kier molecular flexibility index (Phi) is 21.0. The van der Waals surface area contributed by atoms with Crippen LogP contribution in [0.5, 0.6) is 0 Å². The van der Waals surface area contributed by atoms with E-state index in [2.05, 4.69) is 308 Å². The summed E-state index contributed by atoms with van der Waals surface area (Å²) < 4.78 is 26.3. The molecule has 0 saturated heterocycles. The zero-order valence-corrected chi connectivity index (χ0v) is 84.3. The number of hydrogen-bond donors (Lipinski definition) is 0. The van der Waals surface area contributed by atoms with Gasteiger partial charge in [-0.1, -0.05) is 411 Å². The van der Waals surface area contributed by atoms with Gasteiger partial charge in [0.25, 0.3) is 0 Å². The summed E-state index contributed by atoms with van der Waals surface area (Å²) in [5, 5.41) is 8.63.